The van der Waals surface area contributed by atoms with Crippen molar-refractivity contribution in [3.8, 4) is 17.4 Å². The zero-order valence-corrected chi connectivity index (χ0v) is 21.4. The second kappa shape index (κ2) is 10.7. The molecule has 1 aliphatic rings. The van der Waals surface area contributed by atoms with Crippen molar-refractivity contribution in [3.05, 3.63) is 67.7 Å². The number of fused-ring (bicyclic) bond motifs is 1. The summed E-state index contributed by atoms with van der Waals surface area (Å²) in [7, 11) is 0. The molecule has 2 aromatic heterocycles. The number of carbonyl (C=O) groups excluding carboxylic acids is 2. The highest BCUT2D eigenvalue weighted by molar-refractivity contribution is 7.17. The van der Waals surface area contributed by atoms with Crippen molar-refractivity contribution in [2.75, 3.05) is 11.9 Å². The predicted molar refractivity (Wildman–Crippen MR) is 138 cm³/mol. The summed E-state index contributed by atoms with van der Waals surface area (Å²) in [5.41, 5.74) is 1.75. The molecule has 1 aromatic carbocycles. The number of nitriles is 1. The molecular weight excluding hydrogens is 507 g/mol. The monoisotopic (exact) mass is 528 g/mol. The summed E-state index contributed by atoms with van der Waals surface area (Å²) >= 11 is 13.7. The first kappa shape index (κ1) is 25.1. The molecule has 0 aliphatic heterocycles. The fraction of sp³-hybridized carbons (Fsp3) is 0.269. The van der Waals surface area contributed by atoms with Crippen LogP contribution in [-0.2, 0) is 22.4 Å². The maximum atomic E-state index is 13.0. The second-order valence-electron chi connectivity index (χ2n) is 8.23. The van der Waals surface area contributed by atoms with Gasteiger partial charge in [-0.1, -0.05) is 30.1 Å². The number of amides is 1. The van der Waals surface area contributed by atoms with Gasteiger partial charge in [0.1, 0.15) is 28.2 Å². The number of anilines is 1. The smallest absolute Gasteiger partial charge is 0.341 e. The van der Waals surface area contributed by atoms with Crippen molar-refractivity contribution >= 4 is 57.5 Å². The molecule has 9 heteroatoms. The van der Waals surface area contributed by atoms with Crippen LogP contribution in [0.15, 0.2) is 40.3 Å². The molecule has 35 heavy (non-hydrogen) atoms. The molecule has 0 saturated carbocycles. The quantitative estimate of drug-likeness (QED) is 0.208. The molecule has 0 saturated heterocycles. The van der Waals surface area contributed by atoms with Gasteiger partial charge in [0.15, 0.2) is 0 Å². The molecule has 0 bridgehead atoms. The van der Waals surface area contributed by atoms with Gasteiger partial charge < -0.3 is 14.5 Å². The van der Waals surface area contributed by atoms with Crippen LogP contribution in [0.5, 0.6) is 0 Å². The van der Waals surface area contributed by atoms with Gasteiger partial charge in [-0.3, -0.25) is 4.79 Å². The van der Waals surface area contributed by atoms with Gasteiger partial charge in [0, 0.05) is 21.5 Å². The number of ether oxygens (including phenoxy) is 1. The molecule has 0 radical (unpaired) electrons. The van der Waals surface area contributed by atoms with Gasteiger partial charge in [-0.15, -0.1) is 11.3 Å². The highest BCUT2D eigenvalue weighted by atomic mass is 35.5. The Balaban J connectivity index is 1.61. The van der Waals surface area contributed by atoms with Crippen molar-refractivity contribution < 1.29 is 18.7 Å². The normalized spacial score (nSPS) is 15.3. The highest BCUT2D eigenvalue weighted by Gasteiger charge is 2.29. The number of carbonyl (C=O) groups is 2. The number of hydrogen-bond donors (Lipinski definition) is 1. The summed E-state index contributed by atoms with van der Waals surface area (Å²) in [6.45, 7) is 4.13. The Morgan fingerprint density at radius 2 is 2.11 bits per heavy atom. The van der Waals surface area contributed by atoms with Crippen LogP contribution in [0.3, 0.4) is 0 Å². The molecule has 0 spiro atoms. The van der Waals surface area contributed by atoms with E-state index in [1.165, 1.54) is 17.4 Å². The molecule has 180 valence electrons. The standard InChI is InChI=1S/C26H22Cl2N2O4S/c1-3-33-26(32)23-18-7-4-14(2)10-22(18)35-25(23)30-24(31)15(13-29)11-17-6-9-21(34-17)19-12-16(27)5-8-20(19)28/h5-6,8-9,11-12,14H,3-4,7,10H2,1-2H3,(H,30,31). The van der Waals surface area contributed by atoms with E-state index in [4.69, 9.17) is 32.4 Å². The van der Waals surface area contributed by atoms with E-state index < -0.39 is 11.9 Å². The van der Waals surface area contributed by atoms with Crippen molar-refractivity contribution in [3.63, 3.8) is 0 Å². The zero-order valence-electron chi connectivity index (χ0n) is 19.1. The van der Waals surface area contributed by atoms with Gasteiger partial charge >= 0.3 is 5.97 Å². The number of thiophene rings is 1. The minimum atomic E-state index is -0.636. The van der Waals surface area contributed by atoms with Crippen LogP contribution in [0.4, 0.5) is 5.00 Å². The fourth-order valence-electron chi connectivity index (χ4n) is 3.98. The Kier molecular flexibility index (Phi) is 7.66. The van der Waals surface area contributed by atoms with Crippen LogP contribution >= 0.6 is 34.5 Å². The molecule has 0 fully saturated rings. The summed E-state index contributed by atoms with van der Waals surface area (Å²) in [6, 6.07) is 10.2. The van der Waals surface area contributed by atoms with Gasteiger partial charge in [0.05, 0.1) is 17.2 Å². The van der Waals surface area contributed by atoms with Crippen LogP contribution < -0.4 is 5.32 Å². The molecule has 4 rings (SSSR count). The molecule has 1 aliphatic carbocycles. The number of nitrogens with zero attached hydrogens (tertiary/aromatic N) is 1. The van der Waals surface area contributed by atoms with Crippen LogP contribution in [0.25, 0.3) is 17.4 Å². The van der Waals surface area contributed by atoms with E-state index in [0.717, 1.165) is 29.7 Å². The lowest BCUT2D eigenvalue weighted by molar-refractivity contribution is -0.112. The summed E-state index contributed by atoms with van der Waals surface area (Å²) < 4.78 is 11.0. The van der Waals surface area contributed by atoms with E-state index in [9.17, 15) is 14.9 Å². The lowest BCUT2D eigenvalue weighted by atomic mass is 9.88. The Labute approximate surface area is 217 Å². The number of halogens is 2. The molecule has 3 aromatic rings. The first-order valence-corrected chi connectivity index (χ1v) is 12.7. The van der Waals surface area contributed by atoms with Gasteiger partial charge in [-0.2, -0.15) is 5.26 Å². The van der Waals surface area contributed by atoms with Crippen molar-refractivity contribution in [2.24, 2.45) is 5.92 Å². The Bertz CT molecular complexity index is 1370. The molecule has 1 unspecified atom stereocenters. The largest absolute Gasteiger partial charge is 0.462 e. The fourth-order valence-corrected chi connectivity index (χ4v) is 5.76. The molecule has 1 amide bonds. The lowest BCUT2D eigenvalue weighted by Crippen LogP contribution is -2.17. The van der Waals surface area contributed by atoms with E-state index in [2.05, 4.69) is 12.2 Å². The third-order valence-electron chi connectivity index (χ3n) is 5.69. The Hall–Kier alpha value is -3.05. The summed E-state index contributed by atoms with van der Waals surface area (Å²) in [4.78, 5) is 26.8. The lowest BCUT2D eigenvalue weighted by Gasteiger charge is -2.18. The first-order chi connectivity index (χ1) is 16.8. The third kappa shape index (κ3) is 5.46. The van der Waals surface area contributed by atoms with Gasteiger partial charge in [0.2, 0.25) is 0 Å². The van der Waals surface area contributed by atoms with E-state index in [0.29, 0.717) is 43.6 Å². The van der Waals surface area contributed by atoms with Crippen LogP contribution in [0.1, 0.15) is 46.8 Å². The Morgan fingerprint density at radius 1 is 1.31 bits per heavy atom. The number of rotatable bonds is 6. The molecule has 1 atom stereocenters. The summed E-state index contributed by atoms with van der Waals surface area (Å²) in [6.07, 6.45) is 3.89. The number of benzene rings is 1. The third-order valence-corrected chi connectivity index (χ3v) is 7.43. The molecule has 1 N–H and O–H groups in total. The SMILES string of the molecule is CCOC(=O)c1c(NC(=O)C(C#N)=Cc2ccc(-c3cc(Cl)ccc3Cl)o2)sc2c1CCC(C)C2. The number of esters is 1. The minimum absolute atomic E-state index is 0.169. The van der Waals surface area contributed by atoms with Gasteiger partial charge in [-0.05, 0) is 68.0 Å². The highest BCUT2D eigenvalue weighted by Crippen LogP contribution is 2.40. The molecule has 2 heterocycles. The van der Waals surface area contributed by atoms with Crippen LogP contribution in [0.2, 0.25) is 10.0 Å². The number of nitrogens with one attached hydrogen (secondary N) is 1. The van der Waals surface area contributed by atoms with Crippen molar-refractivity contribution in [1.29, 1.82) is 5.26 Å². The Morgan fingerprint density at radius 3 is 2.86 bits per heavy atom. The molecule has 6 nitrogen and oxygen atoms in total. The maximum Gasteiger partial charge on any atom is 0.341 e. The minimum Gasteiger partial charge on any atom is -0.462 e. The van der Waals surface area contributed by atoms with E-state index in [1.54, 1.807) is 37.3 Å². The second-order valence-corrected chi connectivity index (χ2v) is 10.2. The van der Waals surface area contributed by atoms with Gasteiger partial charge in [0.25, 0.3) is 5.91 Å². The van der Waals surface area contributed by atoms with Crippen molar-refractivity contribution in [2.45, 2.75) is 33.1 Å². The summed E-state index contributed by atoms with van der Waals surface area (Å²) in [5.74, 6) is 0.143. The van der Waals surface area contributed by atoms with Crippen LogP contribution in [-0.4, -0.2) is 18.5 Å². The predicted octanol–water partition coefficient (Wildman–Crippen LogP) is 7.16. The van der Waals surface area contributed by atoms with Crippen molar-refractivity contribution in [1.82, 2.24) is 0 Å². The van der Waals surface area contributed by atoms with E-state index >= 15 is 0 Å². The molecular formula is C26H22Cl2N2O4S. The summed E-state index contributed by atoms with van der Waals surface area (Å²) in [5, 5.41) is 13.8. The topological polar surface area (TPSA) is 92.3 Å². The van der Waals surface area contributed by atoms with Gasteiger partial charge in [-0.25, -0.2) is 4.79 Å². The average Bonchev–Trinajstić information content (AvgIpc) is 3.43. The van der Waals surface area contributed by atoms with E-state index in [1.807, 2.05) is 6.07 Å². The zero-order chi connectivity index (χ0) is 25.1. The number of furan rings is 1. The van der Waals surface area contributed by atoms with Crippen LogP contribution in [0, 0.1) is 17.2 Å². The first-order valence-electron chi connectivity index (χ1n) is 11.1. The average molecular weight is 529 g/mol. The maximum absolute atomic E-state index is 13.0. The van der Waals surface area contributed by atoms with E-state index in [-0.39, 0.29) is 12.2 Å². The number of hydrogen-bond acceptors (Lipinski definition) is 6.